The fourth-order valence-corrected chi connectivity index (χ4v) is 1.35. The van der Waals surface area contributed by atoms with E-state index >= 15 is 0 Å². The van der Waals surface area contributed by atoms with Gasteiger partial charge in [-0.3, -0.25) is 0 Å². The van der Waals surface area contributed by atoms with Crippen LogP contribution in [-0.2, 0) is 9.47 Å². The van der Waals surface area contributed by atoms with E-state index in [0.717, 1.165) is 0 Å². The number of halogens is 1. The standard InChI is InChI=1S/C12H17ClO4/c13-11-3-1-2-4-12(11)17-10-9-16-8-7-15-6-5-14/h1-4,14H,5-10H2. The molecule has 0 heterocycles. The Bertz CT molecular complexity index is 306. The van der Waals surface area contributed by atoms with E-state index in [4.69, 9.17) is 30.9 Å². The molecule has 0 aliphatic rings. The van der Waals surface area contributed by atoms with Crippen molar-refractivity contribution < 1.29 is 19.3 Å². The number of para-hydroxylation sites is 1. The molecule has 0 saturated heterocycles. The number of rotatable bonds is 9. The van der Waals surface area contributed by atoms with Crippen LogP contribution in [0.5, 0.6) is 5.75 Å². The van der Waals surface area contributed by atoms with Crippen molar-refractivity contribution in [2.24, 2.45) is 0 Å². The van der Waals surface area contributed by atoms with E-state index in [2.05, 4.69) is 0 Å². The maximum atomic E-state index is 8.46. The van der Waals surface area contributed by atoms with E-state index in [-0.39, 0.29) is 6.61 Å². The normalized spacial score (nSPS) is 10.5. The van der Waals surface area contributed by atoms with Crippen LogP contribution in [0.25, 0.3) is 0 Å². The molecule has 0 aliphatic carbocycles. The number of hydrogen-bond acceptors (Lipinski definition) is 4. The largest absolute Gasteiger partial charge is 0.490 e. The molecule has 1 aromatic carbocycles. The summed E-state index contributed by atoms with van der Waals surface area (Å²) in [6, 6.07) is 7.31. The zero-order valence-corrected chi connectivity index (χ0v) is 10.4. The summed E-state index contributed by atoms with van der Waals surface area (Å²) < 4.78 is 15.7. The number of hydrogen-bond donors (Lipinski definition) is 1. The number of aliphatic hydroxyl groups excluding tert-OH is 1. The Morgan fingerprint density at radius 3 is 2.29 bits per heavy atom. The quantitative estimate of drug-likeness (QED) is 0.687. The van der Waals surface area contributed by atoms with E-state index in [1.165, 1.54) is 0 Å². The third kappa shape index (κ3) is 6.48. The first-order chi connectivity index (χ1) is 8.34. The van der Waals surface area contributed by atoms with Crippen molar-refractivity contribution in [1.29, 1.82) is 0 Å². The highest BCUT2D eigenvalue weighted by Gasteiger charge is 1.98. The molecule has 96 valence electrons. The predicted molar refractivity (Wildman–Crippen MR) is 65.7 cm³/mol. The number of benzene rings is 1. The molecule has 0 fully saturated rings. The van der Waals surface area contributed by atoms with Crippen molar-refractivity contribution in [2.75, 3.05) is 39.6 Å². The Morgan fingerprint density at radius 2 is 1.59 bits per heavy atom. The van der Waals surface area contributed by atoms with E-state index in [1.54, 1.807) is 6.07 Å². The van der Waals surface area contributed by atoms with Crippen LogP contribution in [0.1, 0.15) is 0 Å². The van der Waals surface area contributed by atoms with Crippen molar-refractivity contribution in [1.82, 2.24) is 0 Å². The van der Waals surface area contributed by atoms with Gasteiger partial charge in [-0.25, -0.2) is 0 Å². The van der Waals surface area contributed by atoms with Crippen LogP contribution in [0.4, 0.5) is 0 Å². The third-order valence-electron chi connectivity index (χ3n) is 1.93. The maximum absolute atomic E-state index is 8.46. The second-order valence-electron chi connectivity index (χ2n) is 3.23. The van der Waals surface area contributed by atoms with E-state index in [0.29, 0.717) is 43.8 Å². The van der Waals surface area contributed by atoms with Gasteiger partial charge in [-0.05, 0) is 12.1 Å². The molecule has 17 heavy (non-hydrogen) atoms. The highest BCUT2D eigenvalue weighted by molar-refractivity contribution is 6.32. The van der Waals surface area contributed by atoms with Crippen molar-refractivity contribution in [3.63, 3.8) is 0 Å². The number of ether oxygens (including phenoxy) is 3. The fraction of sp³-hybridized carbons (Fsp3) is 0.500. The van der Waals surface area contributed by atoms with Crippen LogP contribution in [0.3, 0.4) is 0 Å². The minimum absolute atomic E-state index is 0.0373. The van der Waals surface area contributed by atoms with Crippen molar-refractivity contribution >= 4 is 11.6 Å². The van der Waals surface area contributed by atoms with Gasteiger partial charge in [-0.2, -0.15) is 0 Å². The Kier molecular flexibility index (Phi) is 7.75. The summed E-state index contributed by atoms with van der Waals surface area (Å²) >= 11 is 5.91. The summed E-state index contributed by atoms with van der Waals surface area (Å²) in [6.45, 7) is 2.28. The average Bonchev–Trinajstić information content (AvgIpc) is 2.35. The zero-order valence-electron chi connectivity index (χ0n) is 9.60. The molecule has 0 aromatic heterocycles. The van der Waals surface area contributed by atoms with Crippen LogP contribution in [0, 0.1) is 0 Å². The van der Waals surface area contributed by atoms with Gasteiger partial charge in [0, 0.05) is 0 Å². The smallest absolute Gasteiger partial charge is 0.138 e. The Balaban J connectivity index is 1.99. The first-order valence-electron chi connectivity index (χ1n) is 5.48. The number of aliphatic hydroxyl groups is 1. The first-order valence-corrected chi connectivity index (χ1v) is 5.86. The minimum atomic E-state index is 0.0373. The van der Waals surface area contributed by atoms with E-state index in [9.17, 15) is 0 Å². The second kappa shape index (κ2) is 9.24. The molecule has 0 spiro atoms. The summed E-state index contributed by atoms with van der Waals surface area (Å²) in [4.78, 5) is 0. The van der Waals surface area contributed by atoms with Crippen molar-refractivity contribution in [2.45, 2.75) is 0 Å². The SMILES string of the molecule is OCCOCCOCCOc1ccccc1Cl. The molecule has 0 unspecified atom stereocenters. The van der Waals surface area contributed by atoms with Crippen molar-refractivity contribution in [3.05, 3.63) is 29.3 Å². The molecule has 0 amide bonds. The monoisotopic (exact) mass is 260 g/mol. The molecular weight excluding hydrogens is 244 g/mol. The molecule has 0 atom stereocenters. The Hall–Kier alpha value is -0.810. The predicted octanol–water partition coefficient (Wildman–Crippen LogP) is 1.74. The molecule has 1 aromatic rings. The van der Waals surface area contributed by atoms with Gasteiger partial charge < -0.3 is 19.3 Å². The van der Waals surface area contributed by atoms with Crippen LogP contribution in [0.2, 0.25) is 5.02 Å². The molecule has 0 aliphatic heterocycles. The van der Waals surface area contributed by atoms with Gasteiger partial charge in [0.25, 0.3) is 0 Å². The molecule has 0 radical (unpaired) electrons. The summed E-state index contributed by atoms with van der Waals surface area (Å²) in [5.74, 6) is 0.661. The van der Waals surface area contributed by atoms with Gasteiger partial charge in [0.2, 0.25) is 0 Å². The lowest BCUT2D eigenvalue weighted by molar-refractivity contribution is 0.0247. The molecule has 0 bridgehead atoms. The third-order valence-corrected chi connectivity index (χ3v) is 2.24. The second-order valence-corrected chi connectivity index (χ2v) is 3.63. The van der Waals surface area contributed by atoms with Gasteiger partial charge >= 0.3 is 0 Å². The molecule has 0 saturated carbocycles. The molecule has 1 N–H and O–H groups in total. The molecule has 4 nitrogen and oxygen atoms in total. The lowest BCUT2D eigenvalue weighted by Gasteiger charge is -2.08. The summed E-state index contributed by atoms with van der Waals surface area (Å²) in [5, 5.41) is 9.06. The summed E-state index contributed by atoms with van der Waals surface area (Å²) in [5.41, 5.74) is 0. The summed E-state index contributed by atoms with van der Waals surface area (Å²) in [7, 11) is 0. The van der Waals surface area contributed by atoms with Gasteiger partial charge in [0.1, 0.15) is 12.4 Å². The van der Waals surface area contributed by atoms with Crippen LogP contribution < -0.4 is 4.74 Å². The van der Waals surface area contributed by atoms with E-state index < -0.39 is 0 Å². The topological polar surface area (TPSA) is 47.9 Å². The van der Waals surface area contributed by atoms with Crippen LogP contribution >= 0.6 is 11.6 Å². The van der Waals surface area contributed by atoms with Gasteiger partial charge in [-0.15, -0.1) is 0 Å². The van der Waals surface area contributed by atoms with Gasteiger partial charge in [-0.1, -0.05) is 23.7 Å². The lowest BCUT2D eigenvalue weighted by Crippen LogP contribution is -2.12. The highest BCUT2D eigenvalue weighted by Crippen LogP contribution is 2.22. The Labute approximate surface area is 106 Å². The average molecular weight is 261 g/mol. The zero-order chi connectivity index (χ0) is 12.3. The minimum Gasteiger partial charge on any atom is -0.490 e. The molecule has 5 heteroatoms. The fourth-order valence-electron chi connectivity index (χ4n) is 1.16. The van der Waals surface area contributed by atoms with Gasteiger partial charge in [0.15, 0.2) is 0 Å². The van der Waals surface area contributed by atoms with E-state index in [1.807, 2.05) is 18.2 Å². The van der Waals surface area contributed by atoms with Crippen LogP contribution in [-0.4, -0.2) is 44.7 Å². The first kappa shape index (κ1) is 14.3. The highest BCUT2D eigenvalue weighted by atomic mass is 35.5. The molecule has 1 rings (SSSR count). The summed E-state index contributed by atoms with van der Waals surface area (Å²) in [6.07, 6.45) is 0. The van der Waals surface area contributed by atoms with Crippen LogP contribution in [0.15, 0.2) is 24.3 Å². The molecular formula is C12H17ClO4. The van der Waals surface area contributed by atoms with Crippen molar-refractivity contribution in [3.8, 4) is 5.75 Å². The van der Waals surface area contributed by atoms with Gasteiger partial charge in [0.05, 0.1) is 38.1 Å². The Morgan fingerprint density at radius 1 is 0.941 bits per heavy atom. The lowest BCUT2D eigenvalue weighted by atomic mass is 10.3. The maximum Gasteiger partial charge on any atom is 0.138 e.